The van der Waals surface area contributed by atoms with Gasteiger partial charge in [-0.15, -0.1) is 0 Å². The Balaban J connectivity index is 1.80. The number of ether oxygens (including phenoxy) is 1. The number of hydrogen-bond donors (Lipinski definition) is 1. The number of hydrogen-bond acceptors (Lipinski definition) is 3. The molecule has 0 atom stereocenters. The third kappa shape index (κ3) is 6.24. The fourth-order valence-corrected chi connectivity index (χ4v) is 2.70. The molecule has 0 bridgehead atoms. The molecule has 134 valence electrons. The second kappa shape index (κ2) is 9.84. The van der Waals surface area contributed by atoms with Crippen LogP contribution in [0, 0.1) is 0 Å². The zero-order valence-electron chi connectivity index (χ0n) is 15.4. The Morgan fingerprint density at radius 3 is 2.48 bits per heavy atom. The van der Waals surface area contributed by atoms with Gasteiger partial charge in [-0.1, -0.05) is 42.5 Å². The monoisotopic (exact) mass is 340 g/mol. The van der Waals surface area contributed by atoms with Gasteiger partial charge < -0.3 is 15.0 Å². The molecule has 2 aromatic rings. The van der Waals surface area contributed by atoms with E-state index >= 15 is 0 Å². The fourth-order valence-electron chi connectivity index (χ4n) is 2.70. The molecule has 25 heavy (non-hydrogen) atoms. The van der Waals surface area contributed by atoms with Gasteiger partial charge in [-0.2, -0.15) is 0 Å². The maximum absolute atomic E-state index is 12.5. The number of nitrogens with zero attached hydrogens (tertiary/aromatic N) is 1. The third-order valence-electron chi connectivity index (χ3n) is 4.14. The Morgan fingerprint density at radius 2 is 1.80 bits per heavy atom. The van der Waals surface area contributed by atoms with E-state index in [1.54, 1.807) is 7.11 Å². The number of amides is 1. The predicted octanol–water partition coefficient (Wildman–Crippen LogP) is 3.26. The highest BCUT2D eigenvalue weighted by Crippen LogP contribution is 2.12. The molecular formula is C21H28N2O2. The summed E-state index contributed by atoms with van der Waals surface area (Å²) in [5, 5.41) is 3.26. The Hall–Kier alpha value is -2.33. The van der Waals surface area contributed by atoms with Crippen molar-refractivity contribution in [2.24, 2.45) is 0 Å². The first-order valence-corrected chi connectivity index (χ1v) is 8.77. The van der Waals surface area contributed by atoms with Crippen LogP contribution in [-0.2, 0) is 17.8 Å². The minimum atomic E-state index is 0.129. The van der Waals surface area contributed by atoms with E-state index in [9.17, 15) is 4.79 Å². The Labute approximate surface area is 150 Å². The fraction of sp³-hybridized carbons (Fsp3) is 0.381. The number of benzene rings is 2. The van der Waals surface area contributed by atoms with Gasteiger partial charge in [0.25, 0.3) is 0 Å². The molecule has 0 aromatic heterocycles. The average Bonchev–Trinajstić information content (AvgIpc) is 2.64. The molecule has 0 aliphatic heterocycles. The Kier molecular flexibility index (Phi) is 7.48. The highest BCUT2D eigenvalue weighted by atomic mass is 16.5. The molecule has 0 spiro atoms. The standard InChI is InChI=1S/C21H28N2O2/c1-17(2)23(16-19-8-5-4-6-9-19)21(24)15-22-13-12-18-10-7-11-20(14-18)25-3/h4-11,14,17,22H,12-13,15-16H2,1-3H3. The summed E-state index contributed by atoms with van der Waals surface area (Å²) in [5.41, 5.74) is 2.35. The average molecular weight is 340 g/mol. The van der Waals surface area contributed by atoms with Crippen molar-refractivity contribution in [3.63, 3.8) is 0 Å². The molecule has 4 heteroatoms. The van der Waals surface area contributed by atoms with Gasteiger partial charge in [0.1, 0.15) is 5.75 Å². The molecule has 0 radical (unpaired) electrons. The number of methoxy groups -OCH3 is 1. The molecule has 0 aliphatic rings. The minimum Gasteiger partial charge on any atom is -0.497 e. The summed E-state index contributed by atoms with van der Waals surface area (Å²) in [6.45, 7) is 5.87. The van der Waals surface area contributed by atoms with Crippen LogP contribution in [0.4, 0.5) is 0 Å². The van der Waals surface area contributed by atoms with Gasteiger partial charge in [0, 0.05) is 12.6 Å². The van der Waals surface area contributed by atoms with Crippen molar-refractivity contribution < 1.29 is 9.53 Å². The lowest BCUT2D eigenvalue weighted by Crippen LogP contribution is -2.42. The van der Waals surface area contributed by atoms with Crippen LogP contribution in [0.2, 0.25) is 0 Å². The second-order valence-electron chi connectivity index (χ2n) is 6.38. The molecule has 2 rings (SSSR count). The predicted molar refractivity (Wildman–Crippen MR) is 102 cm³/mol. The van der Waals surface area contributed by atoms with E-state index in [0.717, 1.165) is 24.3 Å². The molecule has 1 N–H and O–H groups in total. The molecule has 0 aliphatic carbocycles. The Morgan fingerprint density at radius 1 is 1.08 bits per heavy atom. The smallest absolute Gasteiger partial charge is 0.237 e. The molecule has 0 saturated heterocycles. The molecule has 1 amide bonds. The summed E-state index contributed by atoms with van der Waals surface area (Å²) in [4.78, 5) is 14.5. The van der Waals surface area contributed by atoms with Crippen molar-refractivity contribution in [1.29, 1.82) is 0 Å². The van der Waals surface area contributed by atoms with Crippen LogP contribution in [0.1, 0.15) is 25.0 Å². The molecule has 0 unspecified atom stereocenters. The van der Waals surface area contributed by atoms with Crippen molar-refractivity contribution in [3.05, 3.63) is 65.7 Å². The van der Waals surface area contributed by atoms with Crippen LogP contribution < -0.4 is 10.1 Å². The number of nitrogens with one attached hydrogen (secondary N) is 1. The number of rotatable bonds is 9. The molecule has 0 saturated carbocycles. The van der Waals surface area contributed by atoms with Crippen LogP contribution in [0.25, 0.3) is 0 Å². The summed E-state index contributed by atoms with van der Waals surface area (Å²) >= 11 is 0. The summed E-state index contributed by atoms with van der Waals surface area (Å²) < 4.78 is 5.23. The SMILES string of the molecule is COc1cccc(CCNCC(=O)N(Cc2ccccc2)C(C)C)c1. The maximum atomic E-state index is 12.5. The van der Waals surface area contributed by atoms with Gasteiger partial charge in [0.15, 0.2) is 0 Å². The topological polar surface area (TPSA) is 41.6 Å². The molecule has 0 heterocycles. The first-order chi connectivity index (χ1) is 12.1. The van der Waals surface area contributed by atoms with E-state index in [0.29, 0.717) is 13.1 Å². The lowest BCUT2D eigenvalue weighted by molar-refractivity contribution is -0.132. The number of carbonyl (C=O) groups excluding carboxylic acids is 1. The highest BCUT2D eigenvalue weighted by Gasteiger charge is 2.16. The van der Waals surface area contributed by atoms with E-state index in [4.69, 9.17) is 4.74 Å². The van der Waals surface area contributed by atoms with Crippen LogP contribution >= 0.6 is 0 Å². The second-order valence-corrected chi connectivity index (χ2v) is 6.38. The van der Waals surface area contributed by atoms with E-state index < -0.39 is 0 Å². The number of carbonyl (C=O) groups is 1. The van der Waals surface area contributed by atoms with Crippen LogP contribution in [0.5, 0.6) is 5.75 Å². The molecule has 4 nitrogen and oxygen atoms in total. The maximum Gasteiger partial charge on any atom is 0.237 e. The van der Waals surface area contributed by atoms with Crippen molar-refractivity contribution >= 4 is 5.91 Å². The molecular weight excluding hydrogens is 312 g/mol. The first kappa shape index (κ1) is 19.0. The van der Waals surface area contributed by atoms with Gasteiger partial charge in [-0.3, -0.25) is 4.79 Å². The van der Waals surface area contributed by atoms with Gasteiger partial charge >= 0.3 is 0 Å². The lowest BCUT2D eigenvalue weighted by Gasteiger charge is -2.27. The zero-order valence-corrected chi connectivity index (χ0v) is 15.4. The van der Waals surface area contributed by atoms with Crippen molar-refractivity contribution in [1.82, 2.24) is 10.2 Å². The summed E-state index contributed by atoms with van der Waals surface area (Å²) in [5.74, 6) is 0.993. The molecule has 0 fully saturated rings. The van der Waals surface area contributed by atoms with Crippen LogP contribution in [0.3, 0.4) is 0 Å². The van der Waals surface area contributed by atoms with Gasteiger partial charge in [0.2, 0.25) is 5.91 Å². The van der Waals surface area contributed by atoms with Crippen molar-refractivity contribution in [3.8, 4) is 5.75 Å². The summed E-state index contributed by atoms with van der Waals surface area (Å²) in [6.07, 6.45) is 0.866. The third-order valence-corrected chi connectivity index (χ3v) is 4.14. The first-order valence-electron chi connectivity index (χ1n) is 8.77. The normalized spacial score (nSPS) is 10.7. The Bertz CT molecular complexity index is 656. The van der Waals surface area contributed by atoms with E-state index in [1.807, 2.05) is 41.3 Å². The highest BCUT2D eigenvalue weighted by molar-refractivity contribution is 5.78. The quantitative estimate of drug-likeness (QED) is 0.713. The zero-order chi connectivity index (χ0) is 18.1. The summed E-state index contributed by atoms with van der Waals surface area (Å²) in [7, 11) is 1.67. The molecule has 2 aromatic carbocycles. The minimum absolute atomic E-state index is 0.129. The van der Waals surface area contributed by atoms with Crippen molar-refractivity contribution in [2.75, 3.05) is 20.2 Å². The van der Waals surface area contributed by atoms with Gasteiger partial charge in [0.05, 0.1) is 13.7 Å². The lowest BCUT2D eigenvalue weighted by atomic mass is 10.1. The van der Waals surface area contributed by atoms with Gasteiger partial charge in [-0.25, -0.2) is 0 Å². The van der Waals surface area contributed by atoms with Crippen molar-refractivity contribution in [2.45, 2.75) is 32.9 Å². The van der Waals surface area contributed by atoms with Crippen LogP contribution in [0.15, 0.2) is 54.6 Å². The summed E-state index contributed by atoms with van der Waals surface area (Å²) in [6, 6.07) is 18.3. The van der Waals surface area contributed by atoms with E-state index in [2.05, 4.69) is 37.4 Å². The largest absolute Gasteiger partial charge is 0.497 e. The van der Waals surface area contributed by atoms with Gasteiger partial charge in [-0.05, 0) is 50.1 Å². The van der Waals surface area contributed by atoms with Crippen LogP contribution in [-0.4, -0.2) is 37.0 Å². The van der Waals surface area contributed by atoms with E-state index in [1.165, 1.54) is 5.56 Å². The van der Waals surface area contributed by atoms with E-state index in [-0.39, 0.29) is 11.9 Å².